The highest BCUT2D eigenvalue weighted by molar-refractivity contribution is 5.95. The quantitative estimate of drug-likeness (QED) is 0.908. The largest absolute Gasteiger partial charge is 0.384 e. The van der Waals surface area contributed by atoms with E-state index in [4.69, 9.17) is 0 Å². The van der Waals surface area contributed by atoms with Crippen molar-refractivity contribution in [2.45, 2.75) is 19.9 Å². The first-order chi connectivity index (χ1) is 9.72. The number of halogens is 1. The number of carbonyl (C=O) groups is 1. The van der Waals surface area contributed by atoms with Gasteiger partial charge in [0, 0.05) is 30.5 Å². The lowest BCUT2D eigenvalue weighted by molar-refractivity contribution is 0.0952. The number of nitrogens with one attached hydrogen (secondary N) is 2. The van der Waals surface area contributed by atoms with Crippen molar-refractivity contribution in [1.29, 1.82) is 0 Å². The van der Waals surface area contributed by atoms with Crippen LogP contribution in [0.1, 0.15) is 21.5 Å². The van der Waals surface area contributed by atoms with Crippen LogP contribution in [0.3, 0.4) is 0 Å². The van der Waals surface area contributed by atoms with Crippen LogP contribution in [0.25, 0.3) is 0 Å². The molecule has 0 atom stereocenters. The maximum Gasteiger partial charge on any atom is 0.251 e. The van der Waals surface area contributed by atoms with Gasteiger partial charge >= 0.3 is 0 Å². The molecule has 21 heavy (non-hydrogen) atoms. The van der Waals surface area contributed by atoms with E-state index in [2.05, 4.69) is 15.7 Å². The predicted molar refractivity (Wildman–Crippen MR) is 85.2 cm³/mol. The minimum Gasteiger partial charge on any atom is -0.384 e. The molecule has 3 rings (SSSR count). The molecule has 5 nitrogen and oxygen atoms in total. The first-order valence-electron chi connectivity index (χ1n) is 6.86. The van der Waals surface area contributed by atoms with Gasteiger partial charge in [0.1, 0.15) is 0 Å². The summed E-state index contributed by atoms with van der Waals surface area (Å²) in [7, 11) is 0. The van der Waals surface area contributed by atoms with Crippen molar-refractivity contribution >= 4 is 24.0 Å². The molecule has 1 aromatic carbocycles. The molecule has 0 radical (unpaired) electrons. The van der Waals surface area contributed by atoms with Crippen molar-refractivity contribution in [3.05, 3.63) is 47.3 Å². The van der Waals surface area contributed by atoms with Crippen molar-refractivity contribution in [2.24, 2.45) is 0 Å². The smallest absolute Gasteiger partial charge is 0.251 e. The van der Waals surface area contributed by atoms with Crippen LogP contribution in [0, 0.1) is 6.92 Å². The standard InChI is InChI=1S/C15H18N4O.ClH/c1-11-9-18-19(10-11)7-6-17-15(20)13-2-3-14-12(8-13)4-5-16-14;/h2-3,8-10,16H,4-7H2,1H3,(H,17,20);1H. The molecular formula is C15H19ClN4O. The van der Waals surface area contributed by atoms with Crippen LogP contribution >= 0.6 is 12.4 Å². The van der Waals surface area contributed by atoms with Gasteiger partial charge in [-0.3, -0.25) is 9.48 Å². The molecule has 0 spiro atoms. The first kappa shape index (κ1) is 15.4. The molecule has 2 N–H and O–H groups in total. The normalized spacial score (nSPS) is 12.2. The van der Waals surface area contributed by atoms with Gasteiger partial charge in [-0.15, -0.1) is 12.4 Å². The van der Waals surface area contributed by atoms with Gasteiger partial charge in [-0.25, -0.2) is 0 Å². The number of anilines is 1. The first-order valence-corrected chi connectivity index (χ1v) is 6.86. The van der Waals surface area contributed by atoms with Gasteiger partial charge in [0.2, 0.25) is 0 Å². The van der Waals surface area contributed by atoms with E-state index < -0.39 is 0 Å². The van der Waals surface area contributed by atoms with Gasteiger partial charge in [0.05, 0.1) is 12.7 Å². The van der Waals surface area contributed by atoms with Gasteiger partial charge in [0.25, 0.3) is 5.91 Å². The topological polar surface area (TPSA) is 59.0 Å². The lowest BCUT2D eigenvalue weighted by Crippen LogP contribution is -2.27. The Balaban J connectivity index is 0.00000161. The fourth-order valence-electron chi connectivity index (χ4n) is 2.42. The van der Waals surface area contributed by atoms with E-state index in [0.717, 1.165) is 29.8 Å². The molecule has 0 aliphatic carbocycles. The molecule has 0 bridgehead atoms. The predicted octanol–water partition coefficient (Wildman–Crippen LogP) is 2.01. The number of hydrogen-bond donors (Lipinski definition) is 2. The van der Waals surface area contributed by atoms with E-state index in [1.165, 1.54) is 5.56 Å². The Hall–Kier alpha value is -2.01. The highest BCUT2D eigenvalue weighted by Gasteiger charge is 2.13. The van der Waals surface area contributed by atoms with E-state index in [1.54, 1.807) is 0 Å². The summed E-state index contributed by atoms with van der Waals surface area (Å²) in [5.74, 6) is -0.0245. The van der Waals surface area contributed by atoms with Crippen molar-refractivity contribution < 1.29 is 4.79 Å². The Labute approximate surface area is 130 Å². The van der Waals surface area contributed by atoms with Crippen LogP contribution in [-0.4, -0.2) is 28.8 Å². The maximum atomic E-state index is 12.1. The summed E-state index contributed by atoms with van der Waals surface area (Å²) in [5.41, 5.74) is 4.22. The number of benzene rings is 1. The van der Waals surface area contributed by atoms with Crippen LogP contribution in [0.5, 0.6) is 0 Å². The number of hydrogen-bond acceptors (Lipinski definition) is 3. The molecule has 0 fully saturated rings. The van der Waals surface area contributed by atoms with Crippen molar-refractivity contribution in [2.75, 3.05) is 18.4 Å². The second-order valence-electron chi connectivity index (χ2n) is 5.09. The lowest BCUT2D eigenvalue weighted by Gasteiger charge is -2.07. The van der Waals surface area contributed by atoms with E-state index in [1.807, 2.05) is 42.2 Å². The van der Waals surface area contributed by atoms with E-state index in [9.17, 15) is 4.79 Å². The minimum atomic E-state index is -0.0245. The van der Waals surface area contributed by atoms with Crippen molar-refractivity contribution in [3.63, 3.8) is 0 Å². The molecule has 0 saturated carbocycles. The third-order valence-electron chi connectivity index (χ3n) is 3.47. The second kappa shape index (κ2) is 6.63. The summed E-state index contributed by atoms with van der Waals surface area (Å²) < 4.78 is 1.84. The Bertz CT molecular complexity index is 638. The van der Waals surface area contributed by atoms with Crippen LogP contribution in [-0.2, 0) is 13.0 Å². The van der Waals surface area contributed by atoms with Crippen molar-refractivity contribution in [1.82, 2.24) is 15.1 Å². The van der Waals surface area contributed by atoms with Crippen LogP contribution in [0.2, 0.25) is 0 Å². The number of carbonyl (C=O) groups excluding carboxylic acids is 1. The fraction of sp³-hybridized carbons (Fsp3) is 0.333. The van der Waals surface area contributed by atoms with Gasteiger partial charge in [-0.05, 0) is 42.7 Å². The highest BCUT2D eigenvalue weighted by Crippen LogP contribution is 2.22. The van der Waals surface area contributed by atoms with Crippen molar-refractivity contribution in [3.8, 4) is 0 Å². The molecular weight excluding hydrogens is 288 g/mol. The summed E-state index contributed by atoms with van der Waals surface area (Å²) in [6.07, 6.45) is 4.77. The average molecular weight is 307 g/mol. The van der Waals surface area contributed by atoms with E-state index in [-0.39, 0.29) is 18.3 Å². The number of aryl methyl sites for hydroxylation is 1. The number of rotatable bonds is 4. The number of amides is 1. The Morgan fingerprint density at radius 2 is 2.33 bits per heavy atom. The molecule has 1 aliphatic heterocycles. The molecule has 2 heterocycles. The number of aromatic nitrogens is 2. The molecule has 6 heteroatoms. The zero-order valence-corrected chi connectivity index (χ0v) is 12.7. The van der Waals surface area contributed by atoms with Gasteiger partial charge in [-0.1, -0.05) is 0 Å². The maximum absolute atomic E-state index is 12.1. The summed E-state index contributed by atoms with van der Waals surface area (Å²) in [6.45, 7) is 4.22. The van der Waals surface area contributed by atoms with Gasteiger partial charge in [-0.2, -0.15) is 5.10 Å². The highest BCUT2D eigenvalue weighted by atomic mass is 35.5. The molecule has 1 amide bonds. The fourth-order valence-corrected chi connectivity index (χ4v) is 2.42. The molecule has 2 aromatic rings. The van der Waals surface area contributed by atoms with Gasteiger partial charge < -0.3 is 10.6 Å². The Kier molecular flexibility index (Phi) is 4.85. The second-order valence-corrected chi connectivity index (χ2v) is 5.09. The summed E-state index contributed by atoms with van der Waals surface area (Å²) in [6, 6.07) is 5.82. The molecule has 1 aromatic heterocycles. The number of fused-ring (bicyclic) bond motifs is 1. The summed E-state index contributed by atoms with van der Waals surface area (Å²) >= 11 is 0. The Morgan fingerprint density at radius 3 is 3.10 bits per heavy atom. The van der Waals surface area contributed by atoms with E-state index in [0.29, 0.717) is 13.1 Å². The van der Waals surface area contributed by atoms with E-state index >= 15 is 0 Å². The molecule has 112 valence electrons. The Morgan fingerprint density at radius 1 is 1.48 bits per heavy atom. The zero-order chi connectivity index (χ0) is 13.9. The van der Waals surface area contributed by atoms with Crippen LogP contribution in [0.15, 0.2) is 30.6 Å². The molecule has 0 saturated heterocycles. The SMILES string of the molecule is Cc1cnn(CCNC(=O)c2ccc3c(c2)CCN3)c1.Cl. The summed E-state index contributed by atoms with van der Waals surface area (Å²) in [5, 5.41) is 10.4. The van der Waals surface area contributed by atoms with Gasteiger partial charge in [0.15, 0.2) is 0 Å². The molecule has 0 unspecified atom stereocenters. The monoisotopic (exact) mass is 306 g/mol. The lowest BCUT2D eigenvalue weighted by atomic mass is 10.1. The third-order valence-corrected chi connectivity index (χ3v) is 3.47. The minimum absolute atomic E-state index is 0. The van der Waals surface area contributed by atoms with Crippen LogP contribution < -0.4 is 10.6 Å². The average Bonchev–Trinajstić information content (AvgIpc) is 3.06. The van der Waals surface area contributed by atoms with Crippen LogP contribution in [0.4, 0.5) is 5.69 Å². The number of nitrogens with zero attached hydrogens (tertiary/aromatic N) is 2. The third kappa shape index (κ3) is 3.55. The molecule has 1 aliphatic rings. The summed E-state index contributed by atoms with van der Waals surface area (Å²) in [4.78, 5) is 12.1. The zero-order valence-electron chi connectivity index (χ0n) is 11.9.